The van der Waals surface area contributed by atoms with Gasteiger partial charge in [0.15, 0.2) is 5.17 Å². The van der Waals surface area contributed by atoms with Crippen LogP contribution in [0, 0.1) is 20.8 Å². The van der Waals surface area contributed by atoms with Crippen molar-refractivity contribution in [1.29, 1.82) is 0 Å². The number of amidine groups is 1. The topological polar surface area (TPSA) is 90.0 Å². The lowest BCUT2D eigenvalue weighted by Gasteiger charge is -2.29. The Balaban J connectivity index is 2.35. The van der Waals surface area contributed by atoms with Gasteiger partial charge in [-0.3, -0.25) is 4.98 Å². The lowest BCUT2D eigenvalue weighted by atomic mass is 10.1. The van der Waals surface area contributed by atoms with Gasteiger partial charge in [0.25, 0.3) is 0 Å². The zero-order valence-corrected chi connectivity index (χ0v) is 17.0. The van der Waals surface area contributed by atoms with Gasteiger partial charge >= 0.3 is 0 Å². The number of ether oxygens (including phenoxy) is 2. The van der Waals surface area contributed by atoms with E-state index in [1.807, 2.05) is 32.9 Å². The van der Waals surface area contributed by atoms with Crippen molar-refractivity contribution in [1.82, 2.24) is 4.98 Å². The Morgan fingerprint density at radius 1 is 1.19 bits per heavy atom. The minimum absolute atomic E-state index is 0.203. The van der Waals surface area contributed by atoms with E-state index in [0.29, 0.717) is 17.2 Å². The molecule has 1 heterocycles. The Labute approximate surface area is 156 Å². The lowest BCUT2D eigenvalue weighted by molar-refractivity contribution is 0.407. The minimum Gasteiger partial charge on any atom is -0.497 e. The average Bonchev–Trinajstić information content (AvgIpc) is 2.59. The van der Waals surface area contributed by atoms with Crippen LogP contribution in [0.25, 0.3) is 0 Å². The molecule has 1 aromatic heterocycles. The molecule has 0 saturated heterocycles. The average molecular weight is 378 g/mol. The van der Waals surface area contributed by atoms with Crippen LogP contribution in [0.1, 0.15) is 22.4 Å². The van der Waals surface area contributed by atoms with Crippen molar-refractivity contribution < 1.29 is 14.0 Å². The summed E-state index contributed by atoms with van der Waals surface area (Å²) in [6, 6.07) is 5.57. The molecule has 0 aliphatic carbocycles. The van der Waals surface area contributed by atoms with Gasteiger partial charge in [0.05, 0.1) is 25.6 Å². The predicted octanol–water partition coefficient (Wildman–Crippen LogP) is 4.08. The first kappa shape index (κ1) is 20.1. The van der Waals surface area contributed by atoms with E-state index >= 15 is 0 Å². The standard InChI is InChI=1S/C19H27N3O3S/c1-12-7-8-15(24-4)9-16(12)22-19(20)26(6,23)11-17-14(3)18(25-5)13(2)10-21-17/h7-10,23H,11H2,1-6H3,(H2,20,22). The largest absolute Gasteiger partial charge is 0.497 e. The molecular weight excluding hydrogens is 350 g/mol. The van der Waals surface area contributed by atoms with Crippen LogP contribution in [0.2, 0.25) is 0 Å². The van der Waals surface area contributed by atoms with Gasteiger partial charge in [-0.25, -0.2) is 4.99 Å². The number of pyridine rings is 1. The van der Waals surface area contributed by atoms with Crippen LogP contribution in [0.5, 0.6) is 11.5 Å². The maximum atomic E-state index is 11.0. The van der Waals surface area contributed by atoms with Gasteiger partial charge in [-0.15, -0.1) is 0 Å². The molecule has 6 nitrogen and oxygen atoms in total. The molecule has 0 fully saturated rings. The highest BCUT2D eigenvalue weighted by Crippen LogP contribution is 2.45. The number of aromatic nitrogens is 1. The Bertz CT molecular complexity index is 835. The van der Waals surface area contributed by atoms with Gasteiger partial charge in [-0.05, 0) is 38.7 Å². The summed E-state index contributed by atoms with van der Waals surface area (Å²) in [5.74, 6) is 1.79. The van der Waals surface area contributed by atoms with E-state index in [9.17, 15) is 4.55 Å². The zero-order valence-electron chi connectivity index (χ0n) is 16.2. The van der Waals surface area contributed by atoms with E-state index in [4.69, 9.17) is 15.2 Å². The van der Waals surface area contributed by atoms with Crippen molar-refractivity contribution in [3.63, 3.8) is 0 Å². The summed E-state index contributed by atoms with van der Waals surface area (Å²) < 4.78 is 21.7. The SMILES string of the molecule is COc1ccc(C)c(N=C(N)S(C)(O)Cc2ncc(C)c(OC)c2C)c1. The Hall–Kier alpha value is -2.25. The monoisotopic (exact) mass is 377 g/mol. The van der Waals surface area contributed by atoms with E-state index in [1.54, 1.807) is 32.7 Å². The van der Waals surface area contributed by atoms with Crippen LogP contribution in [0.3, 0.4) is 0 Å². The summed E-state index contributed by atoms with van der Waals surface area (Å²) in [6.45, 7) is 5.81. The van der Waals surface area contributed by atoms with E-state index in [2.05, 4.69) is 9.98 Å². The Morgan fingerprint density at radius 2 is 1.88 bits per heavy atom. The smallest absolute Gasteiger partial charge is 0.164 e. The molecule has 0 saturated carbocycles. The normalized spacial score (nSPS) is 15.3. The minimum atomic E-state index is -2.34. The summed E-state index contributed by atoms with van der Waals surface area (Å²) in [5, 5.41) is 0.203. The van der Waals surface area contributed by atoms with E-state index in [-0.39, 0.29) is 5.17 Å². The van der Waals surface area contributed by atoms with Gasteiger partial charge in [0, 0.05) is 29.1 Å². The quantitative estimate of drug-likeness (QED) is 0.605. The number of hydrogen-bond donors (Lipinski definition) is 2. The number of benzene rings is 1. The molecule has 0 aliphatic rings. The predicted molar refractivity (Wildman–Crippen MR) is 109 cm³/mol. The molecule has 2 rings (SSSR count). The fourth-order valence-corrected chi connectivity index (χ4v) is 3.88. The molecule has 2 aromatic rings. The number of hydrogen-bond acceptors (Lipinski definition) is 5. The summed E-state index contributed by atoms with van der Waals surface area (Å²) in [7, 11) is 0.891. The second-order valence-electron chi connectivity index (χ2n) is 6.33. The number of nitrogens with zero attached hydrogens (tertiary/aromatic N) is 2. The Morgan fingerprint density at radius 3 is 2.50 bits per heavy atom. The molecule has 1 atom stereocenters. The molecule has 1 unspecified atom stereocenters. The van der Waals surface area contributed by atoms with Crippen LogP contribution in [-0.4, -0.2) is 35.2 Å². The molecule has 26 heavy (non-hydrogen) atoms. The summed E-state index contributed by atoms with van der Waals surface area (Å²) in [4.78, 5) is 8.92. The third kappa shape index (κ3) is 4.28. The molecule has 7 heteroatoms. The number of rotatable bonds is 5. The van der Waals surface area contributed by atoms with Crippen molar-refractivity contribution in [3.05, 3.63) is 46.8 Å². The van der Waals surface area contributed by atoms with Crippen LogP contribution in [-0.2, 0) is 5.75 Å². The molecule has 0 amide bonds. The number of aliphatic imine (C=N–C) groups is 1. The first-order valence-electron chi connectivity index (χ1n) is 8.16. The highest BCUT2D eigenvalue weighted by Gasteiger charge is 2.24. The van der Waals surface area contributed by atoms with Gasteiger partial charge in [-0.1, -0.05) is 16.4 Å². The van der Waals surface area contributed by atoms with E-state index in [1.165, 1.54) is 0 Å². The van der Waals surface area contributed by atoms with Crippen LogP contribution >= 0.6 is 10.3 Å². The highest BCUT2D eigenvalue weighted by atomic mass is 32.3. The van der Waals surface area contributed by atoms with Crippen molar-refractivity contribution >= 4 is 21.2 Å². The summed E-state index contributed by atoms with van der Waals surface area (Å²) in [5.41, 5.74) is 10.4. The van der Waals surface area contributed by atoms with Crippen LogP contribution < -0.4 is 15.2 Å². The second-order valence-corrected chi connectivity index (χ2v) is 9.12. The van der Waals surface area contributed by atoms with Crippen LogP contribution in [0.15, 0.2) is 29.4 Å². The third-order valence-corrected chi connectivity index (χ3v) is 6.09. The maximum absolute atomic E-state index is 11.0. The molecular formula is C19H27N3O3S. The molecule has 0 aliphatic heterocycles. The van der Waals surface area contributed by atoms with Crippen molar-refractivity contribution in [2.24, 2.45) is 10.7 Å². The van der Waals surface area contributed by atoms with Gasteiger partial charge in [0.1, 0.15) is 11.5 Å². The number of methoxy groups -OCH3 is 2. The molecule has 0 spiro atoms. The first-order valence-corrected chi connectivity index (χ1v) is 10.3. The molecule has 142 valence electrons. The van der Waals surface area contributed by atoms with Crippen LogP contribution in [0.4, 0.5) is 5.69 Å². The Kier molecular flexibility index (Phi) is 6.15. The van der Waals surface area contributed by atoms with Gasteiger partial charge < -0.3 is 19.8 Å². The zero-order chi connectivity index (χ0) is 19.5. The van der Waals surface area contributed by atoms with E-state index < -0.39 is 10.3 Å². The fourth-order valence-electron chi connectivity index (χ4n) is 2.61. The van der Waals surface area contributed by atoms with E-state index in [0.717, 1.165) is 28.1 Å². The fraction of sp³-hybridized carbons (Fsp3) is 0.368. The van der Waals surface area contributed by atoms with Gasteiger partial charge in [0.2, 0.25) is 0 Å². The number of nitrogens with two attached hydrogens (primary N) is 1. The second kappa shape index (κ2) is 7.97. The number of aryl methyl sites for hydroxylation is 2. The molecule has 1 aromatic carbocycles. The van der Waals surface area contributed by atoms with Crippen molar-refractivity contribution in [3.8, 4) is 11.5 Å². The van der Waals surface area contributed by atoms with Gasteiger partial charge in [-0.2, -0.15) is 0 Å². The molecule has 0 radical (unpaired) electrons. The third-order valence-electron chi connectivity index (χ3n) is 4.27. The molecule has 0 bridgehead atoms. The maximum Gasteiger partial charge on any atom is 0.164 e. The van der Waals surface area contributed by atoms with Crippen molar-refractivity contribution in [2.75, 3.05) is 20.5 Å². The molecule has 3 N–H and O–H groups in total. The lowest BCUT2D eigenvalue weighted by Crippen LogP contribution is -2.22. The first-order chi connectivity index (χ1) is 12.2. The summed E-state index contributed by atoms with van der Waals surface area (Å²) in [6.07, 6.45) is 3.46. The van der Waals surface area contributed by atoms with Crippen molar-refractivity contribution in [2.45, 2.75) is 26.5 Å². The summed E-state index contributed by atoms with van der Waals surface area (Å²) >= 11 is 0. The highest BCUT2D eigenvalue weighted by molar-refractivity contribution is 8.40.